The first-order valence-corrected chi connectivity index (χ1v) is 8.63. The molecule has 3 amide bonds. The van der Waals surface area contributed by atoms with Gasteiger partial charge in [-0.2, -0.15) is 0 Å². The molecule has 0 spiro atoms. The number of fused-ring (bicyclic) bond motifs is 1. The van der Waals surface area contributed by atoms with E-state index in [1.54, 1.807) is 18.8 Å². The van der Waals surface area contributed by atoms with Crippen molar-refractivity contribution in [1.29, 1.82) is 0 Å². The van der Waals surface area contributed by atoms with Gasteiger partial charge >= 0.3 is 6.03 Å². The zero-order chi connectivity index (χ0) is 15.4. The Morgan fingerprint density at radius 1 is 1.24 bits per heavy atom. The summed E-state index contributed by atoms with van der Waals surface area (Å²) in [6, 6.07) is -0.734. The molecule has 6 nitrogen and oxygen atoms in total. The molecule has 21 heavy (non-hydrogen) atoms. The van der Waals surface area contributed by atoms with Crippen LogP contribution in [0.15, 0.2) is 4.99 Å². The fourth-order valence-corrected chi connectivity index (χ4v) is 3.51. The molecule has 2 aliphatic heterocycles. The maximum Gasteiger partial charge on any atom is 0.325 e. The highest BCUT2D eigenvalue weighted by molar-refractivity contribution is 8.13. The van der Waals surface area contributed by atoms with Gasteiger partial charge in [-0.25, -0.2) is 9.79 Å². The molecule has 2 unspecified atom stereocenters. The highest BCUT2D eigenvalue weighted by Crippen LogP contribution is 2.28. The van der Waals surface area contributed by atoms with E-state index >= 15 is 0 Å². The summed E-state index contributed by atoms with van der Waals surface area (Å²) in [5.41, 5.74) is 0. The lowest BCUT2D eigenvalue weighted by atomic mass is 10.1. The van der Waals surface area contributed by atoms with Gasteiger partial charge in [-0.05, 0) is 12.2 Å². The standard InChI is InChI=1S/C14H24N4O2S/c1-4-6-7-8-9-18-10-11(15-14(18)21-5-2)17(3)13(20)16-12(10)19/h10-11H,4-9H2,1-3H3,(H,16,19,20). The summed E-state index contributed by atoms with van der Waals surface area (Å²) in [4.78, 5) is 32.1. The summed E-state index contributed by atoms with van der Waals surface area (Å²) >= 11 is 1.64. The maximum atomic E-state index is 12.2. The number of nitrogens with one attached hydrogen (secondary N) is 1. The Morgan fingerprint density at radius 3 is 2.67 bits per heavy atom. The highest BCUT2D eigenvalue weighted by Gasteiger charge is 2.48. The van der Waals surface area contributed by atoms with Crippen LogP contribution in [0.5, 0.6) is 0 Å². The molecule has 7 heteroatoms. The van der Waals surface area contributed by atoms with Crippen molar-refractivity contribution >= 4 is 28.9 Å². The van der Waals surface area contributed by atoms with E-state index < -0.39 is 0 Å². The number of likely N-dealkylation sites (N-methyl/N-ethyl adjacent to an activating group) is 1. The average Bonchev–Trinajstić information content (AvgIpc) is 2.81. The molecule has 1 fully saturated rings. The van der Waals surface area contributed by atoms with Crippen LogP contribution in [0.4, 0.5) is 4.79 Å². The van der Waals surface area contributed by atoms with E-state index in [0.29, 0.717) is 0 Å². The van der Waals surface area contributed by atoms with Crippen LogP contribution in [0.3, 0.4) is 0 Å². The summed E-state index contributed by atoms with van der Waals surface area (Å²) in [5, 5.41) is 3.31. The third-order valence-electron chi connectivity index (χ3n) is 3.85. The molecule has 2 atom stereocenters. The largest absolute Gasteiger partial charge is 0.336 e. The first-order valence-electron chi connectivity index (χ1n) is 7.65. The Labute approximate surface area is 130 Å². The first kappa shape index (κ1) is 16.1. The van der Waals surface area contributed by atoms with Gasteiger partial charge in [0.1, 0.15) is 0 Å². The zero-order valence-corrected chi connectivity index (χ0v) is 13.8. The van der Waals surface area contributed by atoms with E-state index in [2.05, 4.69) is 29.1 Å². The molecule has 1 N–H and O–H groups in total. The van der Waals surface area contributed by atoms with Gasteiger partial charge in [0.15, 0.2) is 17.4 Å². The second kappa shape index (κ2) is 7.15. The minimum atomic E-state index is -0.383. The number of carbonyl (C=O) groups excluding carboxylic acids is 2. The third kappa shape index (κ3) is 3.33. The number of amidine groups is 1. The van der Waals surface area contributed by atoms with Crippen molar-refractivity contribution in [3.05, 3.63) is 0 Å². The van der Waals surface area contributed by atoms with E-state index in [-0.39, 0.29) is 24.1 Å². The fourth-order valence-electron chi connectivity index (χ4n) is 2.69. The van der Waals surface area contributed by atoms with Gasteiger partial charge in [0, 0.05) is 13.6 Å². The lowest BCUT2D eigenvalue weighted by molar-refractivity contribution is -0.127. The van der Waals surface area contributed by atoms with E-state index in [4.69, 9.17) is 0 Å². The van der Waals surface area contributed by atoms with Gasteiger partial charge < -0.3 is 9.80 Å². The van der Waals surface area contributed by atoms with Crippen molar-refractivity contribution in [2.45, 2.75) is 51.7 Å². The summed E-state index contributed by atoms with van der Waals surface area (Å²) in [6.07, 6.45) is 4.22. The number of urea groups is 1. The van der Waals surface area contributed by atoms with Crippen LogP contribution < -0.4 is 5.32 Å². The lowest BCUT2D eigenvalue weighted by Gasteiger charge is -2.36. The number of thioether (sulfide) groups is 1. The second-order valence-electron chi connectivity index (χ2n) is 5.36. The number of nitrogens with zero attached hydrogens (tertiary/aromatic N) is 3. The molecule has 2 aliphatic rings. The zero-order valence-electron chi connectivity index (χ0n) is 13.0. The van der Waals surface area contributed by atoms with E-state index in [1.165, 1.54) is 17.7 Å². The van der Waals surface area contributed by atoms with Crippen molar-refractivity contribution in [1.82, 2.24) is 15.1 Å². The number of amides is 3. The molecule has 0 aromatic heterocycles. The van der Waals surface area contributed by atoms with Gasteiger partial charge in [0.25, 0.3) is 5.91 Å². The van der Waals surface area contributed by atoms with Crippen LogP contribution >= 0.6 is 11.8 Å². The molecule has 0 saturated carbocycles. The lowest BCUT2D eigenvalue weighted by Crippen LogP contribution is -2.63. The number of carbonyl (C=O) groups is 2. The summed E-state index contributed by atoms with van der Waals surface area (Å²) in [6.45, 7) is 5.07. The van der Waals surface area contributed by atoms with Crippen molar-refractivity contribution in [2.75, 3.05) is 19.3 Å². The Bertz CT molecular complexity index is 441. The Kier molecular flexibility index (Phi) is 5.50. The Morgan fingerprint density at radius 2 is 2.00 bits per heavy atom. The van der Waals surface area contributed by atoms with Crippen molar-refractivity contribution in [3.63, 3.8) is 0 Å². The number of unbranched alkanes of at least 4 members (excludes halogenated alkanes) is 3. The van der Waals surface area contributed by atoms with Gasteiger partial charge in [0.05, 0.1) is 0 Å². The summed E-state index contributed by atoms with van der Waals surface area (Å²) < 4.78 is 0. The molecular weight excluding hydrogens is 288 g/mol. The number of hydrogen-bond acceptors (Lipinski definition) is 5. The first-order chi connectivity index (χ1) is 10.1. The van der Waals surface area contributed by atoms with Gasteiger partial charge in [0.2, 0.25) is 0 Å². The van der Waals surface area contributed by atoms with Crippen molar-refractivity contribution in [3.8, 4) is 0 Å². The van der Waals surface area contributed by atoms with E-state index in [0.717, 1.165) is 30.3 Å². The normalized spacial score (nSPS) is 25.0. The highest BCUT2D eigenvalue weighted by atomic mass is 32.2. The third-order valence-corrected chi connectivity index (χ3v) is 4.74. The van der Waals surface area contributed by atoms with Crippen LogP contribution in [0.2, 0.25) is 0 Å². The Balaban J connectivity index is 2.11. The van der Waals surface area contributed by atoms with Crippen molar-refractivity contribution < 1.29 is 9.59 Å². The molecule has 0 aliphatic carbocycles. The minimum absolute atomic E-state index is 0.228. The average molecular weight is 312 g/mol. The quantitative estimate of drug-likeness (QED) is 0.760. The second-order valence-corrected chi connectivity index (χ2v) is 6.59. The predicted octanol–water partition coefficient (Wildman–Crippen LogP) is 1.87. The van der Waals surface area contributed by atoms with Crippen LogP contribution in [0.25, 0.3) is 0 Å². The van der Waals surface area contributed by atoms with Crippen LogP contribution in [-0.4, -0.2) is 58.5 Å². The monoisotopic (exact) mass is 312 g/mol. The molecule has 2 heterocycles. The van der Waals surface area contributed by atoms with Gasteiger partial charge in [-0.3, -0.25) is 10.1 Å². The Hall–Kier alpha value is -1.24. The van der Waals surface area contributed by atoms with Crippen molar-refractivity contribution in [2.24, 2.45) is 4.99 Å². The molecule has 118 valence electrons. The molecule has 0 bridgehead atoms. The molecule has 1 saturated heterocycles. The van der Waals surface area contributed by atoms with Gasteiger partial charge in [-0.15, -0.1) is 0 Å². The smallest absolute Gasteiger partial charge is 0.325 e. The summed E-state index contributed by atoms with van der Waals surface area (Å²) in [7, 11) is 1.69. The minimum Gasteiger partial charge on any atom is -0.336 e. The molecule has 0 aromatic rings. The molecule has 2 rings (SSSR count). The van der Waals surface area contributed by atoms with Crippen LogP contribution in [0.1, 0.15) is 39.5 Å². The van der Waals surface area contributed by atoms with E-state index in [1.807, 2.05) is 0 Å². The number of rotatable bonds is 6. The summed E-state index contributed by atoms with van der Waals surface area (Å²) in [5.74, 6) is 0.678. The molecular formula is C14H24N4O2S. The SMILES string of the molecule is CCCCCCN1C(SCC)=NC2C1C(=O)NC(=O)N2C. The van der Waals surface area contributed by atoms with Crippen LogP contribution in [-0.2, 0) is 4.79 Å². The van der Waals surface area contributed by atoms with Gasteiger partial charge in [-0.1, -0.05) is 44.9 Å². The van der Waals surface area contributed by atoms with E-state index in [9.17, 15) is 9.59 Å². The number of imide groups is 1. The number of hydrogen-bond donors (Lipinski definition) is 1. The van der Waals surface area contributed by atoms with Crippen LogP contribution in [0, 0.1) is 0 Å². The number of aliphatic imine (C=N–C) groups is 1. The molecule has 0 aromatic carbocycles. The predicted molar refractivity (Wildman–Crippen MR) is 85.3 cm³/mol. The fraction of sp³-hybridized carbons (Fsp3) is 0.786. The topological polar surface area (TPSA) is 65.0 Å². The molecule has 0 radical (unpaired) electrons. The maximum absolute atomic E-state index is 12.2.